The quantitative estimate of drug-likeness (QED) is 0.650. The molecule has 0 aromatic rings. The summed E-state index contributed by atoms with van der Waals surface area (Å²) in [6.07, 6.45) is 8.41. The van der Waals surface area contributed by atoms with Crippen LogP contribution in [-0.2, 0) is 0 Å². The van der Waals surface area contributed by atoms with Gasteiger partial charge in [-0.3, -0.25) is 0 Å². The van der Waals surface area contributed by atoms with Crippen molar-refractivity contribution in [3.63, 3.8) is 0 Å². The highest BCUT2D eigenvalue weighted by Crippen LogP contribution is 2.25. The van der Waals surface area contributed by atoms with Crippen LogP contribution >= 0.6 is 0 Å². The molecule has 1 nitrogen and oxygen atoms in total. The molecule has 1 rings (SSSR count). The van der Waals surface area contributed by atoms with Crippen LogP contribution in [0.1, 0.15) is 59.3 Å². The van der Waals surface area contributed by atoms with Gasteiger partial charge in [-0.05, 0) is 37.8 Å². The lowest BCUT2D eigenvalue weighted by atomic mass is 9.86. The Kier molecular flexibility index (Phi) is 4.94. The lowest BCUT2D eigenvalue weighted by Crippen LogP contribution is -2.37. The van der Waals surface area contributed by atoms with E-state index in [1.807, 2.05) is 0 Å². The molecule has 0 bridgehead atoms. The number of rotatable bonds is 5. The summed E-state index contributed by atoms with van der Waals surface area (Å²) >= 11 is 0. The molecule has 0 amide bonds. The first kappa shape index (κ1) is 12.0. The Balaban J connectivity index is 2.25. The van der Waals surface area contributed by atoms with Crippen molar-refractivity contribution in [2.75, 3.05) is 19.6 Å². The van der Waals surface area contributed by atoms with Crippen LogP contribution in [0.15, 0.2) is 0 Å². The fraction of sp³-hybridized carbons (Fsp3) is 1.00. The minimum atomic E-state index is 0.535. The molecule has 0 saturated carbocycles. The normalized spacial score (nSPS) is 19.9. The molecule has 0 aromatic carbocycles. The molecule has 0 unspecified atom stereocenters. The summed E-state index contributed by atoms with van der Waals surface area (Å²) in [6.45, 7) is 11.1. The van der Waals surface area contributed by atoms with Crippen molar-refractivity contribution in [1.29, 1.82) is 0 Å². The number of hydrogen-bond acceptors (Lipinski definition) is 1. The smallest absolute Gasteiger partial charge is 0.00327 e. The standard InChI is InChI=1S/C13H27N/c1-4-5-9-13(2,3)12-14-10-7-6-8-11-14/h4-12H2,1-3H3. The molecule has 0 spiro atoms. The van der Waals surface area contributed by atoms with Crippen LogP contribution in [0.25, 0.3) is 0 Å². The van der Waals surface area contributed by atoms with Crippen LogP contribution in [0.4, 0.5) is 0 Å². The summed E-state index contributed by atoms with van der Waals surface area (Å²) in [6, 6.07) is 0. The average molecular weight is 197 g/mol. The molecular weight excluding hydrogens is 170 g/mol. The predicted molar refractivity (Wildman–Crippen MR) is 63.6 cm³/mol. The first-order chi connectivity index (χ1) is 6.64. The van der Waals surface area contributed by atoms with Crippen molar-refractivity contribution in [3.05, 3.63) is 0 Å². The van der Waals surface area contributed by atoms with Gasteiger partial charge in [-0.1, -0.05) is 40.0 Å². The second-order valence-electron chi connectivity index (χ2n) is 5.60. The molecule has 0 aromatic heterocycles. The van der Waals surface area contributed by atoms with Crippen LogP contribution < -0.4 is 0 Å². The maximum absolute atomic E-state index is 2.67. The van der Waals surface area contributed by atoms with E-state index in [4.69, 9.17) is 0 Å². The molecule has 84 valence electrons. The molecule has 1 aliphatic rings. The zero-order valence-electron chi connectivity index (χ0n) is 10.3. The van der Waals surface area contributed by atoms with Gasteiger partial charge in [-0.25, -0.2) is 0 Å². The molecule has 1 aliphatic heterocycles. The van der Waals surface area contributed by atoms with Gasteiger partial charge in [0.05, 0.1) is 0 Å². The van der Waals surface area contributed by atoms with E-state index in [-0.39, 0.29) is 0 Å². The maximum atomic E-state index is 2.67. The Bertz CT molecular complexity index is 145. The Labute approximate surface area is 89.9 Å². The van der Waals surface area contributed by atoms with Gasteiger partial charge in [0, 0.05) is 6.54 Å². The lowest BCUT2D eigenvalue weighted by Gasteiger charge is -2.35. The van der Waals surface area contributed by atoms with Crippen molar-refractivity contribution >= 4 is 0 Å². The maximum Gasteiger partial charge on any atom is 0.00327 e. The summed E-state index contributed by atoms with van der Waals surface area (Å²) in [5.74, 6) is 0. The molecule has 1 heterocycles. The Hall–Kier alpha value is -0.0400. The number of unbranched alkanes of at least 4 members (excludes halogenated alkanes) is 1. The molecule has 0 radical (unpaired) electrons. The van der Waals surface area contributed by atoms with Gasteiger partial charge < -0.3 is 4.90 Å². The van der Waals surface area contributed by atoms with Crippen molar-refractivity contribution in [1.82, 2.24) is 4.90 Å². The summed E-state index contributed by atoms with van der Waals surface area (Å²) in [7, 11) is 0. The molecule has 1 fully saturated rings. The minimum Gasteiger partial charge on any atom is -0.303 e. The molecule has 1 saturated heterocycles. The van der Waals surface area contributed by atoms with E-state index in [2.05, 4.69) is 25.7 Å². The topological polar surface area (TPSA) is 3.24 Å². The van der Waals surface area contributed by atoms with Gasteiger partial charge in [0.1, 0.15) is 0 Å². The van der Waals surface area contributed by atoms with E-state index < -0.39 is 0 Å². The molecule has 1 heteroatoms. The van der Waals surface area contributed by atoms with Gasteiger partial charge in [-0.15, -0.1) is 0 Å². The van der Waals surface area contributed by atoms with Crippen molar-refractivity contribution < 1.29 is 0 Å². The highest BCUT2D eigenvalue weighted by molar-refractivity contribution is 4.75. The highest BCUT2D eigenvalue weighted by Gasteiger charge is 2.21. The second kappa shape index (κ2) is 5.75. The monoisotopic (exact) mass is 197 g/mol. The highest BCUT2D eigenvalue weighted by atomic mass is 15.1. The number of nitrogens with zero attached hydrogens (tertiary/aromatic N) is 1. The fourth-order valence-corrected chi connectivity index (χ4v) is 2.46. The molecule has 0 atom stereocenters. The first-order valence-corrected chi connectivity index (χ1v) is 6.36. The summed E-state index contributed by atoms with van der Waals surface area (Å²) in [4.78, 5) is 2.67. The van der Waals surface area contributed by atoms with Crippen molar-refractivity contribution in [3.8, 4) is 0 Å². The summed E-state index contributed by atoms with van der Waals surface area (Å²) in [5.41, 5.74) is 0.535. The lowest BCUT2D eigenvalue weighted by molar-refractivity contribution is 0.144. The van der Waals surface area contributed by atoms with Crippen molar-refractivity contribution in [2.45, 2.75) is 59.3 Å². The largest absolute Gasteiger partial charge is 0.303 e. The summed E-state index contributed by atoms with van der Waals surface area (Å²) in [5, 5.41) is 0. The second-order valence-corrected chi connectivity index (χ2v) is 5.60. The molecular formula is C13H27N. The van der Waals surface area contributed by atoms with E-state index in [0.717, 1.165) is 0 Å². The SMILES string of the molecule is CCCCC(C)(C)CN1CCCCC1. The first-order valence-electron chi connectivity index (χ1n) is 6.36. The van der Waals surface area contributed by atoms with Crippen molar-refractivity contribution in [2.24, 2.45) is 5.41 Å². The van der Waals surface area contributed by atoms with Crippen LogP contribution in [0.3, 0.4) is 0 Å². The average Bonchev–Trinajstić information content (AvgIpc) is 2.16. The van der Waals surface area contributed by atoms with Gasteiger partial charge in [-0.2, -0.15) is 0 Å². The van der Waals surface area contributed by atoms with Crippen LogP contribution in [0.2, 0.25) is 0 Å². The number of piperidine rings is 1. The Morgan fingerprint density at radius 3 is 2.29 bits per heavy atom. The van der Waals surface area contributed by atoms with Gasteiger partial charge >= 0.3 is 0 Å². The third kappa shape index (κ3) is 4.45. The zero-order valence-corrected chi connectivity index (χ0v) is 10.3. The van der Waals surface area contributed by atoms with E-state index in [1.165, 1.54) is 58.2 Å². The number of likely N-dealkylation sites (tertiary alicyclic amines) is 1. The molecule has 0 aliphatic carbocycles. The minimum absolute atomic E-state index is 0.535. The van der Waals surface area contributed by atoms with Gasteiger partial charge in [0.25, 0.3) is 0 Å². The van der Waals surface area contributed by atoms with E-state index in [9.17, 15) is 0 Å². The third-order valence-electron chi connectivity index (χ3n) is 3.31. The molecule has 0 N–H and O–H groups in total. The molecule has 14 heavy (non-hydrogen) atoms. The van der Waals surface area contributed by atoms with Gasteiger partial charge in [0.15, 0.2) is 0 Å². The third-order valence-corrected chi connectivity index (χ3v) is 3.31. The van der Waals surface area contributed by atoms with Crippen LogP contribution in [0.5, 0.6) is 0 Å². The van der Waals surface area contributed by atoms with E-state index >= 15 is 0 Å². The Morgan fingerprint density at radius 2 is 1.71 bits per heavy atom. The summed E-state index contributed by atoms with van der Waals surface area (Å²) < 4.78 is 0. The zero-order chi connectivity index (χ0) is 10.4. The van der Waals surface area contributed by atoms with E-state index in [0.29, 0.717) is 5.41 Å². The Morgan fingerprint density at radius 1 is 1.07 bits per heavy atom. The van der Waals surface area contributed by atoms with E-state index in [1.54, 1.807) is 0 Å². The van der Waals surface area contributed by atoms with Crippen LogP contribution in [0, 0.1) is 5.41 Å². The predicted octanol–water partition coefficient (Wildman–Crippen LogP) is 3.69. The number of hydrogen-bond donors (Lipinski definition) is 0. The van der Waals surface area contributed by atoms with Crippen LogP contribution in [-0.4, -0.2) is 24.5 Å². The van der Waals surface area contributed by atoms with Gasteiger partial charge in [0.2, 0.25) is 0 Å². The fourth-order valence-electron chi connectivity index (χ4n) is 2.46.